The van der Waals surface area contributed by atoms with Crippen molar-refractivity contribution in [1.82, 2.24) is 0 Å². The summed E-state index contributed by atoms with van der Waals surface area (Å²) < 4.78 is 5.22. The van der Waals surface area contributed by atoms with Gasteiger partial charge in [-0.15, -0.1) is 0 Å². The fraction of sp³-hybridized carbons (Fsp3) is 0.667. The van der Waals surface area contributed by atoms with Crippen LogP contribution in [0.3, 0.4) is 0 Å². The largest absolute Gasteiger partial charge is 0.469 e. The van der Waals surface area contributed by atoms with E-state index in [1.807, 2.05) is 12.1 Å². The Kier molecular flexibility index (Phi) is 3.25. The fourth-order valence-corrected chi connectivity index (χ4v) is 1.99. The van der Waals surface area contributed by atoms with Crippen LogP contribution in [0.5, 0.6) is 0 Å². The van der Waals surface area contributed by atoms with Crippen molar-refractivity contribution in [2.75, 3.05) is 0 Å². The van der Waals surface area contributed by atoms with Gasteiger partial charge in [0.1, 0.15) is 5.76 Å². The van der Waals surface area contributed by atoms with Gasteiger partial charge in [-0.05, 0) is 30.9 Å². The molecule has 2 heteroatoms. The maximum atomic E-state index is 9.74. The van der Waals surface area contributed by atoms with Crippen LogP contribution in [0.4, 0.5) is 0 Å². The molecule has 1 heterocycles. The summed E-state index contributed by atoms with van der Waals surface area (Å²) in [4.78, 5) is 0. The summed E-state index contributed by atoms with van der Waals surface area (Å²) in [6, 6.07) is 3.86. The minimum atomic E-state index is -0.134. The van der Waals surface area contributed by atoms with Crippen LogP contribution in [0.2, 0.25) is 0 Å². The Bertz CT molecular complexity index is 249. The van der Waals surface area contributed by atoms with Crippen LogP contribution in [-0.2, 0) is 6.42 Å². The van der Waals surface area contributed by atoms with Crippen molar-refractivity contribution in [3.8, 4) is 0 Å². The summed E-state index contributed by atoms with van der Waals surface area (Å²) >= 11 is 0. The highest BCUT2D eigenvalue weighted by atomic mass is 16.3. The first-order valence-electron chi connectivity index (χ1n) is 5.55. The molecule has 1 aromatic rings. The smallest absolute Gasteiger partial charge is 0.103 e. The Balaban J connectivity index is 1.64. The molecule has 1 aliphatic rings. The maximum Gasteiger partial charge on any atom is 0.103 e. The minimum Gasteiger partial charge on any atom is -0.469 e. The Labute approximate surface area is 84.9 Å². The number of hydrogen-bond acceptors (Lipinski definition) is 2. The molecule has 2 rings (SSSR count). The Morgan fingerprint density at radius 3 is 2.93 bits per heavy atom. The van der Waals surface area contributed by atoms with Crippen LogP contribution in [0.25, 0.3) is 0 Å². The van der Waals surface area contributed by atoms with E-state index >= 15 is 0 Å². The second-order valence-corrected chi connectivity index (χ2v) is 4.30. The molecule has 1 saturated carbocycles. The fourth-order valence-electron chi connectivity index (χ4n) is 1.99. The maximum absolute atomic E-state index is 9.74. The second-order valence-electron chi connectivity index (χ2n) is 4.30. The first kappa shape index (κ1) is 9.78. The number of aliphatic hydroxyl groups excluding tert-OH is 1. The zero-order valence-corrected chi connectivity index (χ0v) is 8.48. The Morgan fingerprint density at radius 1 is 1.50 bits per heavy atom. The van der Waals surface area contributed by atoms with Crippen LogP contribution in [-0.4, -0.2) is 11.2 Å². The van der Waals surface area contributed by atoms with Gasteiger partial charge in [0, 0.05) is 6.42 Å². The molecule has 0 aliphatic heterocycles. The summed E-state index contributed by atoms with van der Waals surface area (Å²) in [7, 11) is 0. The number of aryl methyl sites for hydroxylation is 1. The summed E-state index contributed by atoms with van der Waals surface area (Å²) in [5.41, 5.74) is 0. The van der Waals surface area contributed by atoms with Crippen molar-refractivity contribution in [3.05, 3.63) is 24.2 Å². The summed E-state index contributed by atoms with van der Waals surface area (Å²) in [6.07, 6.45) is 8.23. The van der Waals surface area contributed by atoms with E-state index in [2.05, 4.69) is 0 Å². The van der Waals surface area contributed by atoms with Crippen molar-refractivity contribution >= 4 is 0 Å². The molecule has 1 N–H and O–H groups in total. The van der Waals surface area contributed by atoms with Gasteiger partial charge in [-0.25, -0.2) is 0 Å². The number of hydrogen-bond donors (Lipinski definition) is 1. The van der Waals surface area contributed by atoms with Crippen molar-refractivity contribution < 1.29 is 9.52 Å². The van der Waals surface area contributed by atoms with E-state index < -0.39 is 0 Å². The van der Waals surface area contributed by atoms with Gasteiger partial charge in [0.05, 0.1) is 12.4 Å². The van der Waals surface area contributed by atoms with E-state index in [9.17, 15) is 5.11 Å². The van der Waals surface area contributed by atoms with Gasteiger partial charge in [0.15, 0.2) is 0 Å². The van der Waals surface area contributed by atoms with E-state index in [-0.39, 0.29) is 6.10 Å². The quantitative estimate of drug-likeness (QED) is 0.781. The zero-order chi connectivity index (χ0) is 9.80. The van der Waals surface area contributed by atoms with Crippen LogP contribution in [0, 0.1) is 5.92 Å². The molecule has 0 bridgehead atoms. The van der Waals surface area contributed by atoms with Gasteiger partial charge in [0.2, 0.25) is 0 Å². The number of aliphatic hydroxyl groups is 1. The monoisotopic (exact) mass is 194 g/mol. The molecule has 1 aromatic heterocycles. The van der Waals surface area contributed by atoms with Gasteiger partial charge in [-0.3, -0.25) is 0 Å². The van der Waals surface area contributed by atoms with Crippen LogP contribution in [0.15, 0.2) is 22.8 Å². The lowest BCUT2D eigenvalue weighted by atomic mass is 9.81. The van der Waals surface area contributed by atoms with Crippen molar-refractivity contribution in [3.63, 3.8) is 0 Å². The third-order valence-corrected chi connectivity index (χ3v) is 3.13. The summed E-state index contributed by atoms with van der Waals surface area (Å²) in [5, 5.41) is 9.74. The van der Waals surface area contributed by atoms with Crippen LogP contribution in [0.1, 0.15) is 37.9 Å². The second kappa shape index (κ2) is 4.65. The molecule has 0 aromatic carbocycles. The lowest BCUT2D eigenvalue weighted by molar-refractivity contribution is 0.109. The van der Waals surface area contributed by atoms with Gasteiger partial charge < -0.3 is 9.52 Å². The van der Waals surface area contributed by atoms with Gasteiger partial charge in [-0.2, -0.15) is 0 Å². The SMILES string of the molecule is OC(CCc1ccco1)CC1CCC1. The molecule has 0 spiro atoms. The third kappa shape index (κ3) is 2.61. The average Bonchev–Trinajstić information content (AvgIpc) is 2.60. The van der Waals surface area contributed by atoms with E-state index in [1.54, 1.807) is 6.26 Å². The highest BCUT2D eigenvalue weighted by Crippen LogP contribution is 2.31. The summed E-state index contributed by atoms with van der Waals surface area (Å²) in [6.45, 7) is 0. The van der Waals surface area contributed by atoms with Gasteiger partial charge >= 0.3 is 0 Å². The number of furan rings is 1. The molecular formula is C12H18O2. The lowest BCUT2D eigenvalue weighted by Crippen LogP contribution is -2.19. The normalized spacial score (nSPS) is 19.2. The molecular weight excluding hydrogens is 176 g/mol. The van der Waals surface area contributed by atoms with Crippen molar-refractivity contribution in [1.29, 1.82) is 0 Å². The van der Waals surface area contributed by atoms with E-state index in [0.717, 1.165) is 30.9 Å². The molecule has 0 saturated heterocycles. The minimum absolute atomic E-state index is 0.134. The zero-order valence-electron chi connectivity index (χ0n) is 8.48. The number of rotatable bonds is 5. The molecule has 1 unspecified atom stereocenters. The first-order valence-corrected chi connectivity index (χ1v) is 5.55. The van der Waals surface area contributed by atoms with Crippen LogP contribution < -0.4 is 0 Å². The highest BCUT2D eigenvalue weighted by molar-refractivity contribution is 4.98. The molecule has 1 fully saturated rings. The molecule has 78 valence electrons. The Morgan fingerprint density at radius 2 is 2.36 bits per heavy atom. The predicted molar refractivity (Wildman–Crippen MR) is 55.0 cm³/mol. The van der Waals surface area contributed by atoms with Gasteiger partial charge in [-0.1, -0.05) is 19.3 Å². The van der Waals surface area contributed by atoms with E-state index in [1.165, 1.54) is 19.3 Å². The van der Waals surface area contributed by atoms with Gasteiger partial charge in [0.25, 0.3) is 0 Å². The molecule has 1 atom stereocenters. The molecule has 0 amide bonds. The third-order valence-electron chi connectivity index (χ3n) is 3.13. The topological polar surface area (TPSA) is 33.4 Å². The standard InChI is InChI=1S/C12H18O2/c13-11(9-10-3-1-4-10)6-7-12-5-2-8-14-12/h2,5,8,10-11,13H,1,3-4,6-7,9H2. The lowest BCUT2D eigenvalue weighted by Gasteiger charge is -2.27. The molecule has 14 heavy (non-hydrogen) atoms. The first-order chi connectivity index (χ1) is 6.84. The van der Waals surface area contributed by atoms with Crippen molar-refractivity contribution in [2.45, 2.75) is 44.6 Å². The average molecular weight is 194 g/mol. The molecule has 2 nitrogen and oxygen atoms in total. The van der Waals surface area contributed by atoms with Crippen molar-refractivity contribution in [2.24, 2.45) is 5.92 Å². The Hall–Kier alpha value is -0.760. The molecule has 0 radical (unpaired) electrons. The van der Waals surface area contributed by atoms with E-state index in [0.29, 0.717) is 0 Å². The molecule has 1 aliphatic carbocycles. The predicted octanol–water partition coefficient (Wildman–Crippen LogP) is 2.76. The summed E-state index contributed by atoms with van der Waals surface area (Å²) in [5.74, 6) is 1.78. The van der Waals surface area contributed by atoms with Crippen LogP contribution >= 0.6 is 0 Å². The van der Waals surface area contributed by atoms with E-state index in [4.69, 9.17) is 4.42 Å². The highest BCUT2D eigenvalue weighted by Gasteiger charge is 2.20.